The van der Waals surface area contributed by atoms with Gasteiger partial charge in [0, 0.05) is 17.1 Å². The van der Waals surface area contributed by atoms with Crippen LogP contribution in [0.4, 0.5) is 0 Å². The average Bonchev–Trinajstić information content (AvgIpc) is 2.85. The van der Waals surface area contributed by atoms with E-state index >= 15 is 0 Å². The molecule has 7 nitrogen and oxygen atoms in total. The number of rotatable bonds is 13. The van der Waals surface area contributed by atoms with Crippen LogP contribution in [0.2, 0.25) is 5.02 Å². The van der Waals surface area contributed by atoms with E-state index in [-0.39, 0.29) is 24.2 Å². The molecule has 0 spiro atoms. The number of hydrogen-bond donors (Lipinski definition) is 2. The van der Waals surface area contributed by atoms with Gasteiger partial charge < -0.3 is 14.8 Å². The SMILES string of the molecule is CCCCS(=O)(=O)NC(C(=O)NCCc1ccc(OCC#Cc2ccc(Cl)cc2)c(OC)c1)C(C)C. The van der Waals surface area contributed by atoms with E-state index in [2.05, 4.69) is 21.9 Å². The number of benzene rings is 2. The summed E-state index contributed by atoms with van der Waals surface area (Å²) in [5, 5.41) is 3.50. The number of halogens is 1. The van der Waals surface area contributed by atoms with Crippen LogP contribution in [0.1, 0.15) is 44.7 Å². The number of unbranched alkanes of at least 4 members (excludes halogenated alkanes) is 1. The molecule has 9 heteroatoms. The van der Waals surface area contributed by atoms with Crippen molar-refractivity contribution in [3.05, 3.63) is 58.6 Å². The Bertz CT molecular complexity index is 1150. The fourth-order valence-electron chi connectivity index (χ4n) is 3.29. The van der Waals surface area contributed by atoms with Crippen molar-refractivity contribution in [3.63, 3.8) is 0 Å². The van der Waals surface area contributed by atoms with Crippen LogP contribution < -0.4 is 19.5 Å². The molecule has 0 aliphatic heterocycles. The van der Waals surface area contributed by atoms with Gasteiger partial charge in [-0.1, -0.05) is 56.7 Å². The second-order valence-electron chi connectivity index (χ2n) is 8.64. The molecule has 0 saturated carbocycles. The normalized spacial score (nSPS) is 11.9. The maximum absolute atomic E-state index is 12.7. The summed E-state index contributed by atoms with van der Waals surface area (Å²) < 4.78 is 38.2. The first-order valence-corrected chi connectivity index (χ1v) is 14.0. The predicted octanol–water partition coefficient (Wildman–Crippen LogP) is 4.18. The minimum atomic E-state index is -3.51. The van der Waals surface area contributed by atoms with E-state index in [1.807, 2.05) is 45.0 Å². The summed E-state index contributed by atoms with van der Waals surface area (Å²) >= 11 is 5.88. The molecule has 0 fully saturated rings. The Morgan fingerprint density at radius 1 is 1.11 bits per heavy atom. The summed E-state index contributed by atoms with van der Waals surface area (Å²) in [7, 11) is -1.95. The van der Waals surface area contributed by atoms with Crippen LogP contribution in [0.15, 0.2) is 42.5 Å². The molecular weight excluding hydrogens is 500 g/mol. The fourth-order valence-corrected chi connectivity index (χ4v) is 4.97. The van der Waals surface area contributed by atoms with Gasteiger partial charge in [0.25, 0.3) is 0 Å². The van der Waals surface area contributed by atoms with Crippen molar-refractivity contribution in [2.24, 2.45) is 5.92 Å². The highest BCUT2D eigenvalue weighted by atomic mass is 35.5. The molecule has 2 aromatic rings. The number of hydrogen-bond acceptors (Lipinski definition) is 5. The molecule has 0 bridgehead atoms. The van der Waals surface area contributed by atoms with E-state index in [1.165, 1.54) is 0 Å². The average molecular weight is 535 g/mol. The molecule has 1 atom stereocenters. The molecule has 2 N–H and O–H groups in total. The molecular formula is C27H35ClN2O5S. The van der Waals surface area contributed by atoms with Gasteiger partial charge in [-0.05, 0) is 60.7 Å². The largest absolute Gasteiger partial charge is 0.493 e. The minimum Gasteiger partial charge on any atom is -0.493 e. The zero-order chi connectivity index (χ0) is 26.6. The molecule has 0 aliphatic rings. The quantitative estimate of drug-likeness (QED) is 0.376. The molecule has 0 heterocycles. The molecule has 0 aromatic heterocycles. The minimum absolute atomic E-state index is 0.0148. The summed E-state index contributed by atoms with van der Waals surface area (Å²) in [4.78, 5) is 12.7. The number of nitrogens with one attached hydrogen (secondary N) is 2. The first-order valence-electron chi connectivity index (χ1n) is 12.0. The number of carbonyl (C=O) groups excluding carboxylic acids is 1. The lowest BCUT2D eigenvalue weighted by atomic mass is 10.0. The van der Waals surface area contributed by atoms with Gasteiger partial charge in [-0.3, -0.25) is 4.79 Å². The van der Waals surface area contributed by atoms with Crippen LogP contribution in [0.5, 0.6) is 11.5 Å². The maximum atomic E-state index is 12.7. The van der Waals surface area contributed by atoms with Crippen molar-refractivity contribution in [3.8, 4) is 23.3 Å². The van der Waals surface area contributed by atoms with Gasteiger partial charge in [0.2, 0.25) is 15.9 Å². The van der Waals surface area contributed by atoms with Gasteiger partial charge in [-0.2, -0.15) is 0 Å². The number of sulfonamides is 1. The maximum Gasteiger partial charge on any atom is 0.238 e. The van der Waals surface area contributed by atoms with Crippen molar-refractivity contribution in [2.45, 2.75) is 46.1 Å². The van der Waals surface area contributed by atoms with E-state index in [1.54, 1.807) is 25.3 Å². The Balaban J connectivity index is 1.90. The fraction of sp³-hybridized carbons (Fsp3) is 0.444. The zero-order valence-electron chi connectivity index (χ0n) is 21.3. The molecule has 1 unspecified atom stereocenters. The first kappa shape index (κ1) is 29.5. The lowest BCUT2D eigenvalue weighted by molar-refractivity contribution is -0.123. The smallest absolute Gasteiger partial charge is 0.238 e. The Morgan fingerprint density at radius 3 is 2.47 bits per heavy atom. The van der Waals surface area contributed by atoms with Crippen LogP contribution in [-0.4, -0.2) is 46.4 Å². The van der Waals surface area contributed by atoms with Gasteiger partial charge in [0.05, 0.1) is 12.9 Å². The highest BCUT2D eigenvalue weighted by Crippen LogP contribution is 2.28. The lowest BCUT2D eigenvalue weighted by Gasteiger charge is -2.21. The monoisotopic (exact) mass is 534 g/mol. The second-order valence-corrected chi connectivity index (χ2v) is 10.9. The van der Waals surface area contributed by atoms with Crippen LogP contribution in [0.25, 0.3) is 0 Å². The van der Waals surface area contributed by atoms with Crippen molar-refractivity contribution in [2.75, 3.05) is 26.0 Å². The van der Waals surface area contributed by atoms with Crippen LogP contribution >= 0.6 is 11.6 Å². The third-order valence-corrected chi connectivity index (χ3v) is 7.03. The summed E-state index contributed by atoms with van der Waals surface area (Å²) in [6, 6.07) is 12.0. The molecule has 196 valence electrons. The number of ether oxygens (including phenoxy) is 2. The topological polar surface area (TPSA) is 93.7 Å². The highest BCUT2D eigenvalue weighted by molar-refractivity contribution is 7.89. The Hall–Kier alpha value is -2.73. The van der Waals surface area contributed by atoms with Crippen LogP contribution in [0.3, 0.4) is 0 Å². The van der Waals surface area contributed by atoms with Crippen molar-refractivity contribution in [1.29, 1.82) is 0 Å². The van der Waals surface area contributed by atoms with Gasteiger partial charge in [0.15, 0.2) is 11.5 Å². The van der Waals surface area contributed by atoms with Gasteiger partial charge >= 0.3 is 0 Å². The van der Waals surface area contributed by atoms with E-state index in [9.17, 15) is 13.2 Å². The molecule has 0 aliphatic carbocycles. The Kier molecular flexibility index (Phi) is 12.1. The summed E-state index contributed by atoms with van der Waals surface area (Å²) in [6.07, 6.45) is 1.87. The molecule has 1 amide bonds. The van der Waals surface area contributed by atoms with Crippen LogP contribution in [-0.2, 0) is 21.2 Å². The van der Waals surface area contributed by atoms with Crippen molar-refractivity contribution in [1.82, 2.24) is 10.0 Å². The molecule has 36 heavy (non-hydrogen) atoms. The van der Waals surface area contributed by atoms with Crippen molar-refractivity contribution >= 4 is 27.5 Å². The van der Waals surface area contributed by atoms with Crippen molar-refractivity contribution < 1.29 is 22.7 Å². The van der Waals surface area contributed by atoms with Crippen LogP contribution in [0, 0.1) is 17.8 Å². The first-order chi connectivity index (χ1) is 17.1. The molecule has 2 rings (SSSR count). The van der Waals surface area contributed by atoms with E-state index in [0.717, 1.165) is 17.5 Å². The third-order valence-electron chi connectivity index (χ3n) is 5.34. The lowest BCUT2D eigenvalue weighted by Crippen LogP contribution is -2.50. The van der Waals surface area contributed by atoms with Gasteiger partial charge in [0.1, 0.15) is 12.6 Å². The Morgan fingerprint density at radius 2 is 1.83 bits per heavy atom. The molecule has 0 saturated heterocycles. The summed E-state index contributed by atoms with van der Waals surface area (Å²) in [6.45, 7) is 6.10. The molecule has 0 radical (unpaired) electrons. The van der Waals surface area contributed by atoms with Gasteiger partial charge in [-0.25, -0.2) is 13.1 Å². The number of amides is 1. The van der Waals surface area contributed by atoms with E-state index < -0.39 is 16.1 Å². The number of methoxy groups -OCH3 is 1. The summed E-state index contributed by atoms with van der Waals surface area (Å²) in [5.41, 5.74) is 1.79. The standard InChI is InChI=1S/C27H35ClN2O5S/c1-5-6-18-36(32,33)30-26(20(2)3)27(31)29-16-15-22-11-14-24(25(19-22)34-4)35-17-7-8-21-9-12-23(28)13-10-21/h9-14,19-20,26,30H,5-6,15-18H2,1-4H3,(H,29,31). The number of carbonyl (C=O) groups is 1. The highest BCUT2D eigenvalue weighted by Gasteiger charge is 2.26. The van der Waals surface area contributed by atoms with Gasteiger partial charge in [-0.15, -0.1) is 0 Å². The van der Waals surface area contributed by atoms with E-state index in [4.69, 9.17) is 21.1 Å². The predicted molar refractivity (Wildman–Crippen MR) is 144 cm³/mol. The Labute approximate surface area is 220 Å². The third kappa shape index (κ3) is 10.1. The van der Waals surface area contributed by atoms with E-state index in [0.29, 0.717) is 35.9 Å². The zero-order valence-corrected chi connectivity index (χ0v) is 22.8. The summed E-state index contributed by atoms with van der Waals surface area (Å²) in [5.74, 6) is 6.61. The second kappa shape index (κ2) is 14.7. The molecule has 2 aromatic carbocycles.